The molecule has 1 aliphatic heterocycles. The molecule has 1 heterocycles. The van der Waals surface area contributed by atoms with Crippen molar-refractivity contribution in [1.29, 1.82) is 0 Å². The quantitative estimate of drug-likeness (QED) is 0.919. The first-order valence-corrected chi connectivity index (χ1v) is 7.54. The fourth-order valence-corrected chi connectivity index (χ4v) is 3.33. The molecule has 1 fully saturated rings. The molecule has 0 radical (unpaired) electrons. The summed E-state index contributed by atoms with van der Waals surface area (Å²) in [6.45, 7) is 5.54. The summed E-state index contributed by atoms with van der Waals surface area (Å²) in [6, 6.07) is 7.03. The van der Waals surface area contributed by atoms with Gasteiger partial charge < -0.3 is 15.5 Å². The molecule has 3 nitrogen and oxygen atoms in total. The van der Waals surface area contributed by atoms with E-state index in [9.17, 15) is 4.39 Å². The van der Waals surface area contributed by atoms with E-state index in [4.69, 9.17) is 5.73 Å². The highest BCUT2D eigenvalue weighted by Gasteiger charge is 2.37. The Labute approximate surface area is 121 Å². The van der Waals surface area contributed by atoms with E-state index in [1.807, 2.05) is 12.1 Å². The first-order chi connectivity index (χ1) is 9.63. The van der Waals surface area contributed by atoms with Crippen LogP contribution in [0.25, 0.3) is 0 Å². The second-order valence-electron chi connectivity index (χ2n) is 5.78. The topological polar surface area (TPSA) is 32.5 Å². The van der Waals surface area contributed by atoms with Gasteiger partial charge in [-0.15, -0.1) is 0 Å². The first kappa shape index (κ1) is 15.3. The Morgan fingerprint density at radius 3 is 2.70 bits per heavy atom. The highest BCUT2D eigenvalue weighted by molar-refractivity contribution is 5.50. The maximum Gasteiger partial charge on any atom is 0.146 e. The number of nitrogens with two attached hydrogens (primary N) is 1. The molecule has 1 unspecified atom stereocenters. The van der Waals surface area contributed by atoms with E-state index >= 15 is 0 Å². The molecule has 1 aliphatic rings. The van der Waals surface area contributed by atoms with E-state index in [1.54, 1.807) is 6.07 Å². The number of likely N-dealkylation sites (N-methyl/N-ethyl adjacent to an activating group) is 1. The average molecular weight is 279 g/mol. The molecule has 0 saturated carbocycles. The predicted molar refractivity (Wildman–Crippen MR) is 82.6 cm³/mol. The summed E-state index contributed by atoms with van der Waals surface area (Å²) >= 11 is 0. The molecule has 1 saturated heterocycles. The lowest BCUT2D eigenvalue weighted by molar-refractivity contribution is 0.318. The van der Waals surface area contributed by atoms with Gasteiger partial charge >= 0.3 is 0 Å². The number of anilines is 1. The van der Waals surface area contributed by atoms with Crippen LogP contribution in [-0.4, -0.2) is 43.7 Å². The molecule has 4 heteroatoms. The summed E-state index contributed by atoms with van der Waals surface area (Å²) in [6.07, 6.45) is 3.12. The summed E-state index contributed by atoms with van der Waals surface area (Å²) in [5.74, 6) is -0.153. The van der Waals surface area contributed by atoms with Crippen molar-refractivity contribution >= 4 is 5.69 Å². The third-order valence-corrected chi connectivity index (χ3v) is 4.55. The van der Waals surface area contributed by atoms with E-state index in [2.05, 4.69) is 23.8 Å². The average Bonchev–Trinajstić information content (AvgIpc) is 2.65. The summed E-state index contributed by atoms with van der Waals surface area (Å²) in [7, 11) is 2.14. The molecule has 2 rings (SSSR count). The largest absolute Gasteiger partial charge is 0.362 e. The molecule has 0 aromatic heterocycles. The minimum Gasteiger partial charge on any atom is -0.362 e. The van der Waals surface area contributed by atoms with Gasteiger partial charge in [0, 0.05) is 19.6 Å². The van der Waals surface area contributed by atoms with Gasteiger partial charge in [0.15, 0.2) is 0 Å². The molecule has 0 spiro atoms. The van der Waals surface area contributed by atoms with Crippen molar-refractivity contribution in [3.05, 3.63) is 30.1 Å². The number of likely N-dealkylation sites (tertiary alicyclic amines) is 1. The molecule has 2 N–H and O–H groups in total. The highest BCUT2D eigenvalue weighted by atomic mass is 19.1. The van der Waals surface area contributed by atoms with Crippen LogP contribution in [0.5, 0.6) is 0 Å². The lowest BCUT2D eigenvalue weighted by atomic mass is 9.87. The maximum atomic E-state index is 14.2. The minimum atomic E-state index is -0.153. The number of halogens is 1. The van der Waals surface area contributed by atoms with Gasteiger partial charge in [-0.3, -0.25) is 0 Å². The normalized spacial score (nSPS) is 24.4. The number of nitrogens with zero attached hydrogens (tertiary/aromatic N) is 2. The Balaban J connectivity index is 2.34. The second kappa shape index (κ2) is 6.55. The van der Waals surface area contributed by atoms with Crippen LogP contribution in [0.1, 0.15) is 26.2 Å². The van der Waals surface area contributed by atoms with Crippen LogP contribution < -0.4 is 10.6 Å². The summed E-state index contributed by atoms with van der Waals surface area (Å²) in [5.41, 5.74) is 6.70. The molecular formula is C16H26FN3. The van der Waals surface area contributed by atoms with Gasteiger partial charge in [0.1, 0.15) is 5.82 Å². The zero-order chi connectivity index (χ0) is 14.6. The molecule has 0 bridgehead atoms. The number of para-hydroxylation sites is 1. The van der Waals surface area contributed by atoms with Crippen molar-refractivity contribution < 1.29 is 4.39 Å². The van der Waals surface area contributed by atoms with Crippen molar-refractivity contribution in [2.24, 2.45) is 5.73 Å². The molecule has 1 aromatic carbocycles. The third kappa shape index (κ3) is 2.96. The number of benzene rings is 1. The van der Waals surface area contributed by atoms with Crippen molar-refractivity contribution in [3.63, 3.8) is 0 Å². The Kier molecular flexibility index (Phi) is 5.00. The summed E-state index contributed by atoms with van der Waals surface area (Å²) in [5, 5.41) is 0. The van der Waals surface area contributed by atoms with Gasteiger partial charge in [0.2, 0.25) is 0 Å². The van der Waals surface area contributed by atoms with Crippen LogP contribution >= 0.6 is 0 Å². The van der Waals surface area contributed by atoms with Gasteiger partial charge in [0.25, 0.3) is 0 Å². The zero-order valence-corrected chi connectivity index (χ0v) is 12.6. The van der Waals surface area contributed by atoms with Crippen LogP contribution in [-0.2, 0) is 0 Å². The Hall–Kier alpha value is -1.13. The fraction of sp³-hybridized carbons (Fsp3) is 0.625. The van der Waals surface area contributed by atoms with Gasteiger partial charge in [-0.1, -0.05) is 12.1 Å². The van der Waals surface area contributed by atoms with Gasteiger partial charge in [0.05, 0.1) is 11.2 Å². The SMILES string of the molecule is CCN(c1ccccc1F)C1(CN)CCCN(C)CC1. The lowest BCUT2D eigenvalue weighted by Crippen LogP contribution is -2.55. The Morgan fingerprint density at radius 1 is 1.30 bits per heavy atom. The molecule has 112 valence electrons. The van der Waals surface area contributed by atoms with Gasteiger partial charge in [-0.05, 0) is 51.9 Å². The molecule has 0 aliphatic carbocycles. The number of hydrogen-bond acceptors (Lipinski definition) is 3. The second-order valence-corrected chi connectivity index (χ2v) is 5.78. The van der Waals surface area contributed by atoms with E-state index in [1.165, 1.54) is 6.07 Å². The maximum absolute atomic E-state index is 14.2. The first-order valence-electron chi connectivity index (χ1n) is 7.54. The highest BCUT2D eigenvalue weighted by Crippen LogP contribution is 2.33. The minimum absolute atomic E-state index is 0.123. The lowest BCUT2D eigenvalue weighted by Gasteiger charge is -2.44. The smallest absolute Gasteiger partial charge is 0.146 e. The van der Waals surface area contributed by atoms with Crippen molar-refractivity contribution in [1.82, 2.24) is 4.90 Å². The Bertz CT molecular complexity index is 437. The number of hydrogen-bond donors (Lipinski definition) is 1. The molecular weight excluding hydrogens is 253 g/mol. The van der Waals surface area contributed by atoms with Gasteiger partial charge in [-0.25, -0.2) is 4.39 Å². The fourth-order valence-electron chi connectivity index (χ4n) is 3.33. The monoisotopic (exact) mass is 279 g/mol. The van der Waals surface area contributed by atoms with Crippen molar-refractivity contribution in [3.8, 4) is 0 Å². The molecule has 1 atom stereocenters. The Morgan fingerprint density at radius 2 is 2.05 bits per heavy atom. The van der Waals surface area contributed by atoms with Crippen molar-refractivity contribution in [2.45, 2.75) is 31.7 Å². The van der Waals surface area contributed by atoms with Crippen LogP contribution in [0.2, 0.25) is 0 Å². The van der Waals surface area contributed by atoms with Crippen LogP contribution in [0.15, 0.2) is 24.3 Å². The van der Waals surface area contributed by atoms with Crippen molar-refractivity contribution in [2.75, 3.05) is 38.1 Å². The summed E-state index contributed by atoms with van der Waals surface area (Å²) < 4.78 is 14.2. The van der Waals surface area contributed by atoms with Crippen LogP contribution in [0.4, 0.5) is 10.1 Å². The number of rotatable bonds is 4. The summed E-state index contributed by atoms with van der Waals surface area (Å²) in [4.78, 5) is 4.52. The van der Waals surface area contributed by atoms with Gasteiger partial charge in [-0.2, -0.15) is 0 Å². The third-order valence-electron chi connectivity index (χ3n) is 4.55. The predicted octanol–water partition coefficient (Wildman–Crippen LogP) is 2.47. The van der Waals surface area contributed by atoms with Crippen LogP contribution in [0.3, 0.4) is 0 Å². The van der Waals surface area contributed by atoms with E-state index in [-0.39, 0.29) is 11.4 Å². The van der Waals surface area contributed by atoms with E-state index in [0.717, 1.165) is 38.9 Å². The zero-order valence-electron chi connectivity index (χ0n) is 12.6. The van der Waals surface area contributed by atoms with E-state index < -0.39 is 0 Å². The van der Waals surface area contributed by atoms with E-state index in [0.29, 0.717) is 12.2 Å². The van der Waals surface area contributed by atoms with Crippen LogP contribution in [0, 0.1) is 5.82 Å². The molecule has 1 aromatic rings. The molecule has 0 amide bonds. The molecule has 20 heavy (non-hydrogen) atoms. The standard InChI is InChI=1S/C16H26FN3/c1-3-20(15-8-5-4-7-14(15)17)16(13-18)9-6-11-19(2)12-10-16/h4-5,7-8H,3,6,9-13,18H2,1-2H3.